The van der Waals surface area contributed by atoms with Crippen LogP contribution in [0, 0.1) is 20.8 Å². The molecule has 0 aliphatic carbocycles. The van der Waals surface area contributed by atoms with Gasteiger partial charge in [0.15, 0.2) is 5.69 Å². The Balaban J connectivity index is 1.77. The van der Waals surface area contributed by atoms with E-state index < -0.39 is 0 Å². The van der Waals surface area contributed by atoms with Gasteiger partial charge in [-0.1, -0.05) is 17.3 Å². The lowest BCUT2D eigenvalue weighted by Crippen LogP contribution is -2.15. The average Bonchev–Trinajstić information content (AvgIpc) is 2.98. The van der Waals surface area contributed by atoms with Crippen molar-refractivity contribution < 1.29 is 14.1 Å². The van der Waals surface area contributed by atoms with Crippen molar-refractivity contribution in [1.29, 1.82) is 0 Å². The molecule has 3 aromatic rings. The zero-order valence-electron chi connectivity index (χ0n) is 14.4. The zero-order chi connectivity index (χ0) is 17.8. The van der Waals surface area contributed by atoms with Crippen molar-refractivity contribution in [3.63, 3.8) is 0 Å². The quantitative estimate of drug-likeness (QED) is 0.766. The van der Waals surface area contributed by atoms with Gasteiger partial charge in [-0.25, -0.2) is 0 Å². The first kappa shape index (κ1) is 16.7. The summed E-state index contributed by atoms with van der Waals surface area (Å²) in [4.78, 5) is 16.4. The third kappa shape index (κ3) is 3.68. The van der Waals surface area contributed by atoms with E-state index in [9.17, 15) is 4.79 Å². The molecule has 128 valence electrons. The van der Waals surface area contributed by atoms with E-state index in [4.69, 9.17) is 9.26 Å². The lowest BCUT2D eigenvalue weighted by molar-refractivity contribution is 0.101. The fraction of sp³-hybridized carbons (Fsp3) is 0.211. The summed E-state index contributed by atoms with van der Waals surface area (Å²) in [5, 5.41) is 6.66. The number of nitrogens with zero attached hydrogens (tertiary/aromatic N) is 2. The summed E-state index contributed by atoms with van der Waals surface area (Å²) in [7, 11) is 0. The second kappa shape index (κ2) is 7.17. The Morgan fingerprint density at radius 1 is 1.16 bits per heavy atom. The van der Waals surface area contributed by atoms with Crippen molar-refractivity contribution >= 4 is 11.6 Å². The van der Waals surface area contributed by atoms with Crippen molar-refractivity contribution in [2.45, 2.75) is 27.4 Å². The van der Waals surface area contributed by atoms with E-state index in [1.165, 1.54) is 0 Å². The van der Waals surface area contributed by atoms with Crippen molar-refractivity contribution in [1.82, 2.24) is 10.1 Å². The Kier molecular flexibility index (Phi) is 4.79. The maximum absolute atomic E-state index is 12.5. The van der Waals surface area contributed by atoms with Crippen LogP contribution in [0.25, 0.3) is 0 Å². The van der Waals surface area contributed by atoms with Crippen LogP contribution in [-0.2, 0) is 6.61 Å². The number of hydrogen-bond acceptors (Lipinski definition) is 5. The molecule has 0 atom stereocenters. The summed E-state index contributed by atoms with van der Waals surface area (Å²) in [6.07, 6.45) is 3.21. The van der Waals surface area contributed by atoms with E-state index in [1.807, 2.05) is 32.0 Å². The van der Waals surface area contributed by atoms with Crippen molar-refractivity contribution in [3.05, 3.63) is 70.9 Å². The van der Waals surface area contributed by atoms with Gasteiger partial charge in [-0.2, -0.15) is 0 Å². The molecule has 6 nitrogen and oxygen atoms in total. The van der Waals surface area contributed by atoms with Crippen LogP contribution in [0.1, 0.15) is 32.9 Å². The molecule has 1 N–H and O–H groups in total. The molecule has 0 radical (unpaired) electrons. The van der Waals surface area contributed by atoms with Crippen LogP contribution in [0.5, 0.6) is 5.75 Å². The molecule has 6 heteroatoms. The van der Waals surface area contributed by atoms with Gasteiger partial charge in [0.2, 0.25) is 0 Å². The van der Waals surface area contributed by atoms with Gasteiger partial charge in [-0.3, -0.25) is 9.78 Å². The maximum Gasteiger partial charge on any atom is 0.278 e. The molecule has 2 heterocycles. The molecule has 2 aromatic heterocycles. The third-order valence-electron chi connectivity index (χ3n) is 4.06. The lowest BCUT2D eigenvalue weighted by Gasteiger charge is -2.11. The number of ether oxygens (including phenoxy) is 1. The SMILES string of the molecule is Cc1cccc(OCc2c(C(=O)Nc3ccncc3)noc2C)c1C. The second-order valence-corrected chi connectivity index (χ2v) is 5.74. The number of aryl methyl sites for hydroxylation is 2. The van der Waals surface area contributed by atoms with E-state index in [0.717, 1.165) is 16.9 Å². The van der Waals surface area contributed by atoms with Crippen LogP contribution < -0.4 is 10.1 Å². The van der Waals surface area contributed by atoms with E-state index in [1.54, 1.807) is 31.5 Å². The Labute approximate surface area is 145 Å². The molecule has 0 saturated heterocycles. The predicted octanol–water partition coefficient (Wildman–Crippen LogP) is 3.83. The number of benzene rings is 1. The molecule has 0 unspecified atom stereocenters. The van der Waals surface area contributed by atoms with E-state index >= 15 is 0 Å². The molecule has 0 bridgehead atoms. The van der Waals surface area contributed by atoms with Gasteiger partial charge < -0.3 is 14.6 Å². The number of amides is 1. The Morgan fingerprint density at radius 2 is 1.92 bits per heavy atom. The molecule has 25 heavy (non-hydrogen) atoms. The van der Waals surface area contributed by atoms with Crippen LogP contribution in [-0.4, -0.2) is 16.0 Å². The molecule has 0 saturated carbocycles. The predicted molar refractivity (Wildman–Crippen MR) is 93.7 cm³/mol. The molecule has 1 amide bonds. The second-order valence-electron chi connectivity index (χ2n) is 5.74. The normalized spacial score (nSPS) is 10.5. The Bertz CT molecular complexity index is 888. The average molecular weight is 337 g/mol. The minimum Gasteiger partial charge on any atom is -0.488 e. The summed E-state index contributed by atoms with van der Waals surface area (Å²) in [6, 6.07) is 9.28. The number of pyridine rings is 1. The standard InChI is InChI=1S/C19H19N3O3/c1-12-5-4-6-17(13(12)2)24-11-16-14(3)25-22-18(16)19(23)21-15-7-9-20-10-8-15/h4-10H,11H2,1-3H3,(H,20,21,23). The van der Waals surface area contributed by atoms with Crippen molar-refractivity contribution in [2.24, 2.45) is 0 Å². The number of nitrogens with one attached hydrogen (secondary N) is 1. The van der Waals surface area contributed by atoms with Gasteiger partial charge in [-0.15, -0.1) is 0 Å². The highest BCUT2D eigenvalue weighted by Gasteiger charge is 2.20. The number of carbonyl (C=O) groups is 1. The Hall–Kier alpha value is -3.15. The molecule has 0 spiro atoms. The number of hydrogen-bond donors (Lipinski definition) is 1. The number of rotatable bonds is 5. The topological polar surface area (TPSA) is 77.2 Å². The monoisotopic (exact) mass is 337 g/mol. The van der Waals surface area contributed by atoms with E-state index in [-0.39, 0.29) is 18.2 Å². The Morgan fingerprint density at radius 3 is 2.68 bits per heavy atom. The molecular weight excluding hydrogens is 318 g/mol. The smallest absolute Gasteiger partial charge is 0.278 e. The number of anilines is 1. The summed E-state index contributed by atoms with van der Waals surface area (Å²) in [6.45, 7) is 6.00. The first-order chi connectivity index (χ1) is 12.1. The summed E-state index contributed by atoms with van der Waals surface area (Å²) in [5.74, 6) is 0.994. The van der Waals surface area contributed by atoms with Crippen LogP contribution in [0.4, 0.5) is 5.69 Å². The summed E-state index contributed by atoms with van der Waals surface area (Å²) < 4.78 is 11.1. The maximum atomic E-state index is 12.5. The molecule has 3 rings (SSSR count). The van der Waals surface area contributed by atoms with Gasteiger partial charge in [0.25, 0.3) is 5.91 Å². The van der Waals surface area contributed by atoms with Gasteiger partial charge in [0.05, 0.1) is 5.56 Å². The third-order valence-corrected chi connectivity index (χ3v) is 4.06. The van der Waals surface area contributed by atoms with Gasteiger partial charge in [0.1, 0.15) is 18.1 Å². The van der Waals surface area contributed by atoms with Gasteiger partial charge in [0, 0.05) is 18.1 Å². The highest BCUT2D eigenvalue weighted by molar-refractivity contribution is 6.03. The van der Waals surface area contributed by atoms with E-state index in [2.05, 4.69) is 15.5 Å². The molecule has 0 aliphatic rings. The number of carbonyl (C=O) groups excluding carboxylic acids is 1. The lowest BCUT2D eigenvalue weighted by atomic mass is 10.1. The van der Waals surface area contributed by atoms with Crippen molar-refractivity contribution in [3.8, 4) is 5.75 Å². The molecule has 0 fully saturated rings. The van der Waals surface area contributed by atoms with Crippen LogP contribution in [0.3, 0.4) is 0 Å². The summed E-state index contributed by atoms with van der Waals surface area (Å²) in [5.41, 5.74) is 3.71. The summed E-state index contributed by atoms with van der Waals surface area (Å²) >= 11 is 0. The minimum atomic E-state index is -0.345. The molecular formula is C19H19N3O3. The van der Waals surface area contributed by atoms with Crippen LogP contribution in [0.2, 0.25) is 0 Å². The molecule has 0 aliphatic heterocycles. The van der Waals surface area contributed by atoms with Crippen molar-refractivity contribution in [2.75, 3.05) is 5.32 Å². The van der Waals surface area contributed by atoms with Gasteiger partial charge >= 0.3 is 0 Å². The largest absolute Gasteiger partial charge is 0.488 e. The highest BCUT2D eigenvalue weighted by Crippen LogP contribution is 2.23. The zero-order valence-corrected chi connectivity index (χ0v) is 14.4. The number of aromatic nitrogens is 2. The van der Waals surface area contributed by atoms with E-state index in [0.29, 0.717) is 17.0 Å². The van der Waals surface area contributed by atoms with Gasteiger partial charge in [-0.05, 0) is 50.1 Å². The first-order valence-corrected chi connectivity index (χ1v) is 7.92. The minimum absolute atomic E-state index is 0.207. The fourth-order valence-electron chi connectivity index (χ4n) is 2.40. The first-order valence-electron chi connectivity index (χ1n) is 7.92. The van der Waals surface area contributed by atoms with Crippen LogP contribution >= 0.6 is 0 Å². The molecule has 1 aromatic carbocycles. The van der Waals surface area contributed by atoms with Crippen LogP contribution in [0.15, 0.2) is 47.2 Å². The highest BCUT2D eigenvalue weighted by atomic mass is 16.5. The fourth-order valence-corrected chi connectivity index (χ4v) is 2.40.